The minimum Gasteiger partial charge on any atom is -0.451 e. The highest BCUT2D eigenvalue weighted by atomic mass is 32.1. The van der Waals surface area contributed by atoms with Crippen LogP contribution >= 0.6 is 11.3 Å². The van der Waals surface area contributed by atoms with Crippen molar-refractivity contribution in [2.45, 2.75) is 32.1 Å². The first-order valence-corrected chi connectivity index (χ1v) is 8.81. The molecule has 23 heavy (non-hydrogen) atoms. The van der Waals surface area contributed by atoms with Crippen molar-refractivity contribution in [3.8, 4) is 0 Å². The maximum Gasteiger partial charge on any atom is 0.358 e. The number of nitrogens with one attached hydrogen (secondary N) is 2. The van der Waals surface area contributed by atoms with Gasteiger partial charge in [0, 0.05) is 18.5 Å². The van der Waals surface area contributed by atoms with Crippen LogP contribution in [-0.4, -0.2) is 36.6 Å². The van der Waals surface area contributed by atoms with Gasteiger partial charge in [-0.1, -0.05) is 25.3 Å². The van der Waals surface area contributed by atoms with E-state index in [1.165, 1.54) is 43.4 Å². The van der Waals surface area contributed by atoms with E-state index in [1.54, 1.807) is 11.5 Å². The summed E-state index contributed by atoms with van der Waals surface area (Å²) in [4.78, 5) is 27.7. The smallest absolute Gasteiger partial charge is 0.358 e. The van der Waals surface area contributed by atoms with Gasteiger partial charge in [-0.15, -0.1) is 17.9 Å². The summed E-state index contributed by atoms with van der Waals surface area (Å²) in [5.41, 5.74) is 0.210. The lowest BCUT2D eigenvalue weighted by molar-refractivity contribution is -0.124. The number of aromatic nitrogens is 1. The van der Waals surface area contributed by atoms with E-state index in [0.29, 0.717) is 24.1 Å². The molecule has 0 spiro atoms. The van der Waals surface area contributed by atoms with Gasteiger partial charge in [0.05, 0.1) is 0 Å². The summed E-state index contributed by atoms with van der Waals surface area (Å²) in [6.45, 7) is 4.57. The van der Waals surface area contributed by atoms with E-state index in [0.717, 1.165) is 0 Å². The van der Waals surface area contributed by atoms with E-state index in [9.17, 15) is 9.59 Å². The molecule has 2 N–H and O–H groups in total. The molecule has 1 saturated carbocycles. The molecule has 6 nitrogen and oxygen atoms in total. The lowest BCUT2D eigenvalue weighted by Gasteiger charge is -2.21. The topological polar surface area (TPSA) is 80.3 Å². The molecule has 7 heteroatoms. The second kappa shape index (κ2) is 9.29. The van der Waals surface area contributed by atoms with Gasteiger partial charge in [-0.2, -0.15) is 0 Å². The van der Waals surface area contributed by atoms with Crippen LogP contribution in [0.3, 0.4) is 0 Å². The zero-order valence-electron chi connectivity index (χ0n) is 13.2. The molecule has 0 unspecified atom stereocenters. The molecular weight excluding hydrogens is 314 g/mol. The van der Waals surface area contributed by atoms with Gasteiger partial charge >= 0.3 is 5.97 Å². The first kappa shape index (κ1) is 17.5. The fourth-order valence-corrected chi connectivity index (χ4v) is 3.20. The molecule has 1 aliphatic rings. The second-order valence-corrected chi connectivity index (χ2v) is 6.45. The molecule has 0 aliphatic heterocycles. The normalized spacial score (nSPS) is 15.0. The van der Waals surface area contributed by atoms with E-state index in [4.69, 9.17) is 4.74 Å². The SMILES string of the molecule is C=CCNc1nc(C(=O)OCC(=O)NCC2CCCCC2)cs1. The van der Waals surface area contributed by atoms with Crippen LogP contribution in [0.15, 0.2) is 18.0 Å². The molecule has 126 valence electrons. The molecule has 1 fully saturated rings. The summed E-state index contributed by atoms with van der Waals surface area (Å²) in [6.07, 6.45) is 7.80. The molecule has 0 aromatic carbocycles. The summed E-state index contributed by atoms with van der Waals surface area (Å²) in [5.74, 6) is -0.287. The van der Waals surface area contributed by atoms with Crippen molar-refractivity contribution in [2.24, 2.45) is 5.92 Å². The number of carbonyl (C=O) groups excluding carboxylic acids is 2. The Morgan fingerprint density at radius 2 is 2.17 bits per heavy atom. The number of ether oxygens (including phenoxy) is 1. The molecule has 2 rings (SSSR count). The van der Waals surface area contributed by atoms with Gasteiger partial charge in [0.1, 0.15) is 0 Å². The van der Waals surface area contributed by atoms with E-state index < -0.39 is 5.97 Å². The van der Waals surface area contributed by atoms with Crippen molar-refractivity contribution in [2.75, 3.05) is 25.0 Å². The van der Waals surface area contributed by atoms with Crippen molar-refractivity contribution in [1.82, 2.24) is 10.3 Å². The van der Waals surface area contributed by atoms with Crippen LogP contribution in [0.2, 0.25) is 0 Å². The van der Waals surface area contributed by atoms with Gasteiger partial charge in [0.15, 0.2) is 17.4 Å². The number of amides is 1. The lowest BCUT2D eigenvalue weighted by atomic mass is 9.89. The van der Waals surface area contributed by atoms with E-state index in [1.807, 2.05) is 0 Å². The number of hydrogen-bond donors (Lipinski definition) is 2. The minimum absolute atomic E-state index is 0.210. The number of carbonyl (C=O) groups is 2. The Bertz CT molecular complexity index is 538. The third-order valence-corrected chi connectivity index (χ3v) is 4.56. The van der Waals surface area contributed by atoms with Crippen molar-refractivity contribution in [3.63, 3.8) is 0 Å². The number of hydrogen-bond acceptors (Lipinski definition) is 6. The zero-order chi connectivity index (χ0) is 16.5. The van der Waals surface area contributed by atoms with Crippen LogP contribution in [-0.2, 0) is 9.53 Å². The molecule has 0 radical (unpaired) electrons. The minimum atomic E-state index is -0.583. The van der Waals surface area contributed by atoms with Crippen LogP contribution in [0.25, 0.3) is 0 Å². The largest absolute Gasteiger partial charge is 0.451 e. The highest BCUT2D eigenvalue weighted by molar-refractivity contribution is 7.13. The molecule has 1 aliphatic carbocycles. The van der Waals surface area contributed by atoms with Gasteiger partial charge in [-0.3, -0.25) is 4.79 Å². The summed E-state index contributed by atoms with van der Waals surface area (Å²) in [7, 11) is 0. The van der Waals surface area contributed by atoms with Crippen LogP contribution < -0.4 is 10.6 Å². The molecule has 1 aromatic heterocycles. The Labute approximate surface area is 140 Å². The molecule has 1 amide bonds. The Balaban J connectivity index is 1.67. The average molecular weight is 337 g/mol. The molecule has 0 atom stereocenters. The Kier molecular flexibility index (Phi) is 7.06. The number of anilines is 1. The van der Waals surface area contributed by atoms with Crippen molar-refractivity contribution in [3.05, 3.63) is 23.7 Å². The predicted octanol–water partition coefficient (Wildman–Crippen LogP) is 2.59. The summed E-state index contributed by atoms with van der Waals surface area (Å²) in [6, 6.07) is 0. The first-order chi connectivity index (χ1) is 11.2. The van der Waals surface area contributed by atoms with Crippen molar-refractivity contribution < 1.29 is 14.3 Å². The van der Waals surface area contributed by atoms with Crippen molar-refractivity contribution in [1.29, 1.82) is 0 Å². The zero-order valence-corrected chi connectivity index (χ0v) is 14.0. The maximum atomic E-state index is 11.8. The average Bonchev–Trinajstić information content (AvgIpc) is 3.06. The maximum absolute atomic E-state index is 11.8. The Hall–Kier alpha value is -1.89. The highest BCUT2D eigenvalue weighted by Crippen LogP contribution is 2.22. The third-order valence-electron chi connectivity index (χ3n) is 3.76. The van der Waals surface area contributed by atoms with Gasteiger partial charge in [-0.05, 0) is 18.8 Å². The van der Waals surface area contributed by atoms with Crippen LogP contribution in [0.5, 0.6) is 0 Å². The quantitative estimate of drug-likeness (QED) is 0.563. The predicted molar refractivity (Wildman–Crippen MR) is 90.7 cm³/mol. The van der Waals surface area contributed by atoms with Crippen molar-refractivity contribution >= 4 is 28.3 Å². The summed E-state index contributed by atoms with van der Waals surface area (Å²) < 4.78 is 4.99. The highest BCUT2D eigenvalue weighted by Gasteiger charge is 2.16. The van der Waals surface area contributed by atoms with Gasteiger partial charge in [-0.25, -0.2) is 9.78 Å². The Morgan fingerprint density at radius 3 is 2.91 bits per heavy atom. The second-order valence-electron chi connectivity index (χ2n) is 5.59. The van der Waals surface area contributed by atoms with Crippen LogP contribution in [0.1, 0.15) is 42.6 Å². The monoisotopic (exact) mass is 337 g/mol. The number of thiazole rings is 1. The molecule has 1 heterocycles. The number of esters is 1. The third kappa shape index (κ3) is 6.02. The van der Waals surface area contributed by atoms with Gasteiger partial charge < -0.3 is 15.4 Å². The van der Waals surface area contributed by atoms with Gasteiger partial charge in [0.25, 0.3) is 5.91 Å². The van der Waals surface area contributed by atoms with E-state index in [-0.39, 0.29) is 18.2 Å². The summed E-state index contributed by atoms with van der Waals surface area (Å²) in [5, 5.41) is 8.06. The molecule has 0 saturated heterocycles. The lowest BCUT2D eigenvalue weighted by Crippen LogP contribution is -2.33. The fraction of sp³-hybridized carbons (Fsp3) is 0.562. The summed E-state index contributed by atoms with van der Waals surface area (Å²) >= 11 is 1.31. The number of nitrogens with zero attached hydrogens (tertiary/aromatic N) is 1. The molecule has 0 bridgehead atoms. The fourth-order valence-electron chi connectivity index (χ4n) is 2.51. The number of rotatable bonds is 8. The van der Waals surface area contributed by atoms with E-state index >= 15 is 0 Å². The first-order valence-electron chi connectivity index (χ1n) is 7.93. The van der Waals surface area contributed by atoms with E-state index in [2.05, 4.69) is 22.2 Å². The Morgan fingerprint density at radius 1 is 1.39 bits per heavy atom. The van der Waals surface area contributed by atoms with Crippen LogP contribution in [0.4, 0.5) is 5.13 Å². The molecule has 1 aromatic rings. The molecular formula is C16H23N3O3S. The standard InChI is InChI=1S/C16H23N3O3S/c1-2-8-17-16-19-13(11-23-16)15(21)22-10-14(20)18-9-12-6-4-3-5-7-12/h2,11-12H,1,3-10H2,(H,17,19)(H,18,20). The van der Waals surface area contributed by atoms with Crippen LogP contribution in [0, 0.1) is 5.92 Å². The van der Waals surface area contributed by atoms with Gasteiger partial charge in [0.2, 0.25) is 0 Å².